The van der Waals surface area contributed by atoms with Crippen LogP contribution in [0.2, 0.25) is 0 Å². The average Bonchev–Trinajstić information content (AvgIpc) is 2.65. The topological polar surface area (TPSA) is 104 Å². The van der Waals surface area contributed by atoms with Gasteiger partial charge in [-0.3, -0.25) is 20.4 Å². The zero-order valence-electron chi connectivity index (χ0n) is 15.1. The van der Waals surface area contributed by atoms with E-state index in [9.17, 15) is 26.8 Å². The first-order chi connectivity index (χ1) is 13.1. The number of sulfone groups is 1. The van der Waals surface area contributed by atoms with Crippen molar-refractivity contribution in [1.82, 2.24) is 10.9 Å². The first-order valence-electron chi connectivity index (χ1n) is 8.13. The Morgan fingerprint density at radius 2 is 1.64 bits per heavy atom. The van der Waals surface area contributed by atoms with Crippen LogP contribution < -0.4 is 16.2 Å². The van der Waals surface area contributed by atoms with Gasteiger partial charge in [0.1, 0.15) is 0 Å². The molecule has 28 heavy (non-hydrogen) atoms. The minimum Gasteiger partial charge on any atom is -0.376 e. The highest BCUT2D eigenvalue weighted by atomic mass is 32.2. The van der Waals surface area contributed by atoms with Gasteiger partial charge in [-0.25, -0.2) is 8.42 Å². The van der Waals surface area contributed by atoms with E-state index in [0.29, 0.717) is 0 Å². The molecule has 7 nitrogen and oxygen atoms in total. The van der Waals surface area contributed by atoms with Gasteiger partial charge in [0.25, 0.3) is 11.8 Å². The highest BCUT2D eigenvalue weighted by Gasteiger charge is 2.26. The Morgan fingerprint density at radius 1 is 1.00 bits per heavy atom. The van der Waals surface area contributed by atoms with Crippen LogP contribution in [0, 0.1) is 13.8 Å². The molecule has 2 rings (SSSR count). The number of carbonyl (C=O) groups excluding carboxylic acids is 2. The molecule has 0 atom stereocenters. The van der Waals surface area contributed by atoms with Crippen LogP contribution >= 0.6 is 0 Å². The van der Waals surface area contributed by atoms with E-state index in [0.717, 1.165) is 41.1 Å². The summed E-state index contributed by atoms with van der Waals surface area (Å²) in [5.41, 5.74) is 7.20. The molecule has 2 aromatic carbocycles. The minimum atomic E-state index is -4.73. The number of hydrogen-bond acceptors (Lipinski definition) is 5. The molecule has 0 aliphatic heterocycles. The molecule has 2 amide bonds. The second kappa shape index (κ2) is 8.79. The maximum Gasteiger partial charge on any atom is 0.341 e. The maximum atomic E-state index is 12.5. The van der Waals surface area contributed by atoms with Crippen LogP contribution in [0.1, 0.15) is 21.5 Å². The van der Waals surface area contributed by atoms with E-state index >= 15 is 0 Å². The lowest BCUT2D eigenvalue weighted by Crippen LogP contribution is -2.44. The normalized spacial score (nSPS) is 11.2. The van der Waals surface area contributed by atoms with Gasteiger partial charge in [-0.15, -0.1) is 0 Å². The molecule has 0 fully saturated rings. The summed E-state index contributed by atoms with van der Waals surface area (Å²) < 4.78 is 47.7. The Balaban J connectivity index is 1.88. The number of halogens is 2. The molecule has 0 unspecified atom stereocenters. The number of amides is 2. The van der Waals surface area contributed by atoms with Gasteiger partial charge in [0, 0.05) is 11.3 Å². The fourth-order valence-corrected chi connectivity index (χ4v) is 3.05. The van der Waals surface area contributed by atoms with Crippen LogP contribution in [0.4, 0.5) is 14.5 Å². The Bertz CT molecular complexity index is 977. The third-order valence-electron chi connectivity index (χ3n) is 3.82. The summed E-state index contributed by atoms with van der Waals surface area (Å²) >= 11 is 0. The van der Waals surface area contributed by atoms with Gasteiger partial charge in [-0.1, -0.05) is 17.7 Å². The summed E-state index contributed by atoms with van der Waals surface area (Å²) in [4.78, 5) is 23.2. The molecule has 0 aliphatic carbocycles. The second-order valence-electron chi connectivity index (χ2n) is 6.00. The van der Waals surface area contributed by atoms with E-state index in [1.807, 2.05) is 32.0 Å². The molecule has 0 spiro atoms. The van der Waals surface area contributed by atoms with Gasteiger partial charge < -0.3 is 5.32 Å². The van der Waals surface area contributed by atoms with Crippen molar-refractivity contribution < 1.29 is 26.8 Å². The van der Waals surface area contributed by atoms with Crippen LogP contribution in [0.25, 0.3) is 0 Å². The van der Waals surface area contributed by atoms with Crippen molar-refractivity contribution in [2.75, 3.05) is 11.9 Å². The molecule has 2 aromatic rings. The van der Waals surface area contributed by atoms with Gasteiger partial charge in [0.2, 0.25) is 9.84 Å². The highest BCUT2D eigenvalue weighted by molar-refractivity contribution is 7.91. The van der Waals surface area contributed by atoms with E-state index in [2.05, 4.69) is 16.2 Å². The van der Waals surface area contributed by atoms with Gasteiger partial charge >= 0.3 is 5.76 Å². The highest BCUT2D eigenvalue weighted by Crippen LogP contribution is 2.18. The van der Waals surface area contributed by atoms with Crippen molar-refractivity contribution >= 4 is 27.3 Å². The van der Waals surface area contributed by atoms with Crippen molar-refractivity contribution in [2.45, 2.75) is 24.5 Å². The number of hydrogen-bond donors (Lipinski definition) is 3. The Kier molecular flexibility index (Phi) is 6.68. The first kappa shape index (κ1) is 21.3. The molecule has 0 aliphatic rings. The van der Waals surface area contributed by atoms with Gasteiger partial charge in [-0.2, -0.15) is 8.78 Å². The van der Waals surface area contributed by atoms with Gasteiger partial charge in [0.15, 0.2) is 0 Å². The summed E-state index contributed by atoms with van der Waals surface area (Å²) in [6.07, 6.45) is 0. The van der Waals surface area contributed by atoms with E-state index in [4.69, 9.17) is 0 Å². The van der Waals surface area contributed by atoms with Crippen LogP contribution in [0.5, 0.6) is 0 Å². The monoisotopic (exact) mass is 411 g/mol. The molecule has 0 aromatic heterocycles. The SMILES string of the molecule is Cc1ccc(NCC(=O)NNC(=O)c2ccc(S(=O)(=O)C(F)F)cc2)c(C)c1. The van der Waals surface area contributed by atoms with Gasteiger partial charge in [-0.05, 0) is 49.7 Å². The summed E-state index contributed by atoms with van der Waals surface area (Å²) in [6, 6.07) is 9.65. The molecule has 0 saturated heterocycles. The molecule has 0 radical (unpaired) electrons. The smallest absolute Gasteiger partial charge is 0.341 e. The number of rotatable bonds is 6. The number of alkyl halides is 2. The molecule has 150 valence electrons. The van der Waals surface area contributed by atoms with E-state index in [1.165, 1.54) is 0 Å². The summed E-state index contributed by atoms with van der Waals surface area (Å²) in [5, 5.41) is 2.94. The molecular weight excluding hydrogens is 392 g/mol. The largest absolute Gasteiger partial charge is 0.376 e. The standard InChI is InChI=1S/C18H19F2N3O4S/c1-11-3-8-15(12(2)9-11)21-10-16(24)22-23-17(25)13-4-6-14(7-5-13)28(26,27)18(19)20/h3-9,18,21H,10H2,1-2H3,(H,22,24)(H,23,25). The zero-order valence-corrected chi connectivity index (χ0v) is 15.9. The zero-order chi connectivity index (χ0) is 20.9. The van der Waals surface area contributed by atoms with E-state index in [1.54, 1.807) is 0 Å². The Labute approximate surface area is 161 Å². The molecular formula is C18H19F2N3O4S. The summed E-state index contributed by atoms with van der Waals surface area (Å²) in [6.45, 7) is 3.76. The first-order valence-corrected chi connectivity index (χ1v) is 9.68. The predicted octanol–water partition coefficient (Wildman–Crippen LogP) is 2.17. The fourth-order valence-electron chi connectivity index (χ4n) is 2.33. The maximum absolute atomic E-state index is 12.5. The van der Waals surface area contributed by atoms with Crippen molar-refractivity contribution in [1.29, 1.82) is 0 Å². The predicted molar refractivity (Wildman–Crippen MR) is 99.6 cm³/mol. The van der Waals surface area contributed by atoms with E-state index in [-0.39, 0.29) is 12.1 Å². The van der Waals surface area contributed by atoms with E-state index < -0.39 is 32.3 Å². The van der Waals surface area contributed by atoms with Crippen molar-refractivity contribution in [3.63, 3.8) is 0 Å². The quantitative estimate of drug-likeness (QED) is 0.632. The molecule has 10 heteroatoms. The second-order valence-corrected chi connectivity index (χ2v) is 7.92. The lowest BCUT2D eigenvalue weighted by Gasteiger charge is -2.11. The third kappa shape index (κ3) is 5.26. The summed E-state index contributed by atoms with van der Waals surface area (Å²) in [7, 11) is -4.73. The van der Waals surface area contributed by atoms with Crippen molar-refractivity contribution in [3.8, 4) is 0 Å². The number of aryl methyl sites for hydroxylation is 2. The number of hydrazine groups is 1. The van der Waals surface area contributed by atoms with Crippen LogP contribution in [0.15, 0.2) is 47.4 Å². The number of benzene rings is 2. The Morgan fingerprint density at radius 3 is 2.21 bits per heavy atom. The summed E-state index contributed by atoms with van der Waals surface area (Å²) in [5.74, 6) is -4.78. The van der Waals surface area contributed by atoms with Crippen LogP contribution in [0.3, 0.4) is 0 Å². The number of anilines is 1. The van der Waals surface area contributed by atoms with Crippen LogP contribution in [-0.2, 0) is 14.6 Å². The van der Waals surface area contributed by atoms with Gasteiger partial charge in [0.05, 0.1) is 11.4 Å². The van der Waals surface area contributed by atoms with Crippen molar-refractivity contribution in [3.05, 3.63) is 59.2 Å². The fraction of sp³-hybridized carbons (Fsp3) is 0.222. The molecule has 3 N–H and O–H groups in total. The number of carbonyl (C=O) groups is 2. The lowest BCUT2D eigenvalue weighted by atomic mass is 10.1. The molecule has 0 saturated carbocycles. The number of nitrogens with one attached hydrogen (secondary N) is 3. The third-order valence-corrected chi connectivity index (χ3v) is 5.21. The van der Waals surface area contributed by atoms with Crippen molar-refractivity contribution in [2.24, 2.45) is 0 Å². The average molecular weight is 411 g/mol. The Hall–Kier alpha value is -3.01. The molecule has 0 heterocycles. The minimum absolute atomic E-state index is 0.00384. The van der Waals surface area contributed by atoms with Crippen LogP contribution in [-0.4, -0.2) is 32.5 Å². The molecule has 0 bridgehead atoms. The lowest BCUT2D eigenvalue weighted by molar-refractivity contribution is -0.120.